The molecule has 0 spiro atoms. The van der Waals surface area contributed by atoms with Crippen LogP contribution in [0.1, 0.15) is 12.0 Å². The van der Waals surface area contributed by atoms with E-state index in [4.69, 9.17) is 9.47 Å². The summed E-state index contributed by atoms with van der Waals surface area (Å²) in [5.74, 6) is 0.664. The van der Waals surface area contributed by atoms with Crippen molar-refractivity contribution in [2.24, 2.45) is 0 Å². The molecule has 0 saturated carbocycles. The van der Waals surface area contributed by atoms with Gasteiger partial charge < -0.3 is 9.47 Å². The van der Waals surface area contributed by atoms with Crippen molar-refractivity contribution in [1.82, 2.24) is 4.90 Å². The quantitative estimate of drug-likeness (QED) is 0.588. The maximum atomic E-state index is 11.0. The lowest BCUT2D eigenvalue weighted by atomic mass is 10.1. The van der Waals surface area contributed by atoms with Gasteiger partial charge in [-0.25, -0.2) is 0 Å². The van der Waals surface area contributed by atoms with Crippen LogP contribution in [0.2, 0.25) is 0 Å². The summed E-state index contributed by atoms with van der Waals surface area (Å²) in [6.07, 6.45) is 1.58. The summed E-state index contributed by atoms with van der Waals surface area (Å²) < 4.78 is 10.4. The number of methoxy groups -OCH3 is 1. The topological polar surface area (TPSA) is 64.8 Å². The molecule has 0 unspecified atom stereocenters. The fourth-order valence-electron chi connectivity index (χ4n) is 2.39. The zero-order chi connectivity index (χ0) is 14.4. The number of hydrogen-bond acceptors (Lipinski definition) is 5. The summed E-state index contributed by atoms with van der Waals surface area (Å²) in [6, 6.07) is 4.91. The number of aryl methyl sites for hydroxylation is 1. The number of morpholine rings is 1. The molecule has 1 aliphatic heterocycles. The fraction of sp³-hybridized carbons (Fsp3) is 0.571. The van der Waals surface area contributed by atoms with Crippen molar-refractivity contribution in [3.05, 3.63) is 33.9 Å². The highest BCUT2D eigenvalue weighted by molar-refractivity contribution is 5.45. The Morgan fingerprint density at radius 3 is 2.80 bits per heavy atom. The van der Waals surface area contributed by atoms with Gasteiger partial charge in [0.15, 0.2) is 0 Å². The molecular formula is C14H20N2O4. The molecule has 1 heterocycles. The van der Waals surface area contributed by atoms with E-state index in [2.05, 4.69) is 4.90 Å². The minimum Gasteiger partial charge on any atom is -0.497 e. The molecule has 0 bridgehead atoms. The van der Waals surface area contributed by atoms with E-state index in [0.717, 1.165) is 44.8 Å². The minimum absolute atomic E-state index is 0.174. The van der Waals surface area contributed by atoms with Gasteiger partial charge in [-0.15, -0.1) is 0 Å². The molecule has 6 heteroatoms. The molecule has 0 amide bonds. The average Bonchev–Trinajstić information content (AvgIpc) is 2.48. The van der Waals surface area contributed by atoms with E-state index in [-0.39, 0.29) is 10.6 Å². The van der Waals surface area contributed by atoms with E-state index in [1.54, 1.807) is 19.2 Å². The van der Waals surface area contributed by atoms with Gasteiger partial charge in [-0.05, 0) is 31.5 Å². The Morgan fingerprint density at radius 1 is 1.40 bits per heavy atom. The van der Waals surface area contributed by atoms with Crippen LogP contribution in [0.4, 0.5) is 5.69 Å². The van der Waals surface area contributed by atoms with Crippen LogP contribution in [0.25, 0.3) is 0 Å². The lowest BCUT2D eigenvalue weighted by Crippen LogP contribution is -2.36. The Bertz CT molecular complexity index is 458. The summed E-state index contributed by atoms with van der Waals surface area (Å²) >= 11 is 0. The molecule has 1 saturated heterocycles. The maximum Gasteiger partial charge on any atom is 0.272 e. The summed E-state index contributed by atoms with van der Waals surface area (Å²) in [7, 11) is 1.57. The predicted molar refractivity (Wildman–Crippen MR) is 75.2 cm³/mol. The van der Waals surface area contributed by atoms with Gasteiger partial charge >= 0.3 is 0 Å². The second-order valence-corrected chi connectivity index (χ2v) is 4.81. The Balaban J connectivity index is 1.94. The molecule has 20 heavy (non-hydrogen) atoms. The molecule has 1 aromatic rings. The number of ether oxygens (including phenoxy) is 2. The normalized spacial score (nSPS) is 16.1. The van der Waals surface area contributed by atoms with Crippen molar-refractivity contribution < 1.29 is 14.4 Å². The Labute approximate surface area is 118 Å². The molecule has 110 valence electrons. The number of rotatable bonds is 6. The molecule has 0 radical (unpaired) electrons. The van der Waals surface area contributed by atoms with Gasteiger partial charge in [-0.1, -0.05) is 0 Å². The summed E-state index contributed by atoms with van der Waals surface area (Å²) in [5.41, 5.74) is 0.912. The SMILES string of the molecule is COc1ccc([N+](=O)[O-])c(CCCN2CCOCC2)c1. The van der Waals surface area contributed by atoms with Crippen molar-refractivity contribution in [2.45, 2.75) is 12.8 Å². The van der Waals surface area contributed by atoms with Crippen molar-refractivity contribution in [1.29, 1.82) is 0 Å². The highest BCUT2D eigenvalue weighted by atomic mass is 16.6. The van der Waals surface area contributed by atoms with E-state index in [1.165, 1.54) is 6.07 Å². The van der Waals surface area contributed by atoms with E-state index < -0.39 is 0 Å². The maximum absolute atomic E-state index is 11.0. The van der Waals surface area contributed by atoms with Crippen LogP contribution in [0.5, 0.6) is 5.75 Å². The number of benzene rings is 1. The highest BCUT2D eigenvalue weighted by Gasteiger charge is 2.15. The molecular weight excluding hydrogens is 260 g/mol. The Morgan fingerprint density at radius 2 is 2.15 bits per heavy atom. The molecule has 0 aromatic heterocycles. The fourth-order valence-corrected chi connectivity index (χ4v) is 2.39. The van der Waals surface area contributed by atoms with Crippen LogP contribution in [-0.4, -0.2) is 49.8 Å². The number of nitrogens with zero attached hydrogens (tertiary/aromatic N) is 2. The number of nitro benzene ring substituents is 1. The van der Waals surface area contributed by atoms with Crippen molar-refractivity contribution in [3.8, 4) is 5.75 Å². The van der Waals surface area contributed by atoms with Crippen molar-refractivity contribution in [2.75, 3.05) is 40.0 Å². The minimum atomic E-state index is -0.330. The summed E-state index contributed by atoms with van der Waals surface area (Å²) in [4.78, 5) is 13.0. The number of nitro groups is 1. The highest BCUT2D eigenvalue weighted by Crippen LogP contribution is 2.25. The van der Waals surface area contributed by atoms with E-state index in [9.17, 15) is 10.1 Å². The first kappa shape index (κ1) is 14.7. The van der Waals surface area contributed by atoms with Gasteiger partial charge in [0.2, 0.25) is 0 Å². The first-order valence-electron chi connectivity index (χ1n) is 6.82. The zero-order valence-corrected chi connectivity index (χ0v) is 11.7. The molecule has 1 fully saturated rings. The Kier molecular flexibility index (Phi) is 5.31. The van der Waals surface area contributed by atoms with Crippen LogP contribution in [0.3, 0.4) is 0 Å². The first-order chi connectivity index (χ1) is 9.70. The smallest absolute Gasteiger partial charge is 0.272 e. The van der Waals surface area contributed by atoms with E-state index in [0.29, 0.717) is 12.2 Å². The predicted octanol–water partition coefficient (Wildman–Crippen LogP) is 1.87. The third-order valence-corrected chi connectivity index (χ3v) is 3.51. The third-order valence-electron chi connectivity index (χ3n) is 3.51. The molecule has 6 nitrogen and oxygen atoms in total. The van der Waals surface area contributed by atoms with Crippen LogP contribution >= 0.6 is 0 Å². The van der Waals surface area contributed by atoms with Gasteiger partial charge in [0.1, 0.15) is 5.75 Å². The van der Waals surface area contributed by atoms with Gasteiger partial charge in [-0.3, -0.25) is 15.0 Å². The Hall–Kier alpha value is -1.66. The van der Waals surface area contributed by atoms with Gasteiger partial charge in [0, 0.05) is 24.7 Å². The van der Waals surface area contributed by atoms with Crippen molar-refractivity contribution >= 4 is 5.69 Å². The lowest BCUT2D eigenvalue weighted by molar-refractivity contribution is -0.385. The molecule has 1 aromatic carbocycles. The van der Waals surface area contributed by atoms with Gasteiger partial charge in [0.25, 0.3) is 5.69 Å². The largest absolute Gasteiger partial charge is 0.497 e. The van der Waals surface area contributed by atoms with Crippen molar-refractivity contribution in [3.63, 3.8) is 0 Å². The van der Waals surface area contributed by atoms with Gasteiger partial charge in [-0.2, -0.15) is 0 Å². The van der Waals surface area contributed by atoms with Crippen LogP contribution in [-0.2, 0) is 11.2 Å². The second-order valence-electron chi connectivity index (χ2n) is 4.81. The van der Waals surface area contributed by atoms with Gasteiger partial charge in [0.05, 0.1) is 25.2 Å². The van der Waals surface area contributed by atoms with E-state index >= 15 is 0 Å². The molecule has 0 N–H and O–H groups in total. The zero-order valence-electron chi connectivity index (χ0n) is 11.7. The number of hydrogen-bond donors (Lipinski definition) is 0. The first-order valence-corrected chi connectivity index (χ1v) is 6.82. The third kappa shape index (κ3) is 3.91. The molecule has 2 rings (SSSR count). The van der Waals surface area contributed by atoms with Crippen LogP contribution in [0, 0.1) is 10.1 Å². The second kappa shape index (κ2) is 7.21. The van der Waals surface area contributed by atoms with Crippen LogP contribution < -0.4 is 4.74 Å². The summed E-state index contributed by atoms with van der Waals surface area (Å²) in [5, 5.41) is 11.0. The molecule has 1 aliphatic rings. The lowest BCUT2D eigenvalue weighted by Gasteiger charge is -2.26. The standard InChI is InChI=1S/C14H20N2O4/c1-19-13-4-5-14(16(17)18)12(11-13)3-2-6-15-7-9-20-10-8-15/h4-5,11H,2-3,6-10H2,1H3. The molecule has 0 aliphatic carbocycles. The van der Waals surface area contributed by atoms with Crippen LogP contribution in [0.15, 0.2) is 18.2 Å². The average molecular weight is 280 g/mol. The van der Waals surface area contributed by atoms with E-state index in [1.807, 2.05) is 0 Å². The monoisotopic (exact) mass is 280 g/mol. The summed E-state index contributed by atoms with van der Waals surface area (Å²) in [6.45, 7) is 4.39. The molecule has 0 atom stereocenters.